The van der Waals surface area contributed by atoms with Gasteiger partial charge in [0.05, 0.1) is 13.7 Å². The minimum atomic E-state index is 0.0733. The summed E-state index contributed by atoms with van der Waals surface area (Å²) >= 11 is 0. The molecule has 1 unspecified atom stereocenters. The summed E-state index contributed by atoms with van der Waals surface area (Å²) in [6.45, 7) is 2.16. The molecule has 3 rings (SSSR count). The van der Waals surface area contributed by atoms with Gasteiger partial charge in [-0.25, -0.2) is 0 Å². The van der Waals surface area contributed by atoms with E-state index in [4.69, 9.17) is 9.47 Å². The maximum absolute atomic E-state index is 9.54. The van der Waals surface area contributed by atoms with Crippen LogP contribution in [0.15, 0.2) is 72.8 Å². The van der Waals surface area contributed by atoms with Crippen LogP contribution in [0.25, 0.3) is 11.1 Å². The zero-order valence-electron chi connectivity index (χ0n) is 15.2. The Hall–Kier alpha value is -2.78. The van der Waals surface area contributed by atoms with Gasteiger partial charge >= 0.3 is 0 Å². The van der Waals surface area contributed by atoms with E-state index in [9.17, 15) is 5.11 Å². The Balaban J connectivity index is 1.78. The van der Waals surface area contributed by atoms with Gasteiger partial charge in [0.25, 0.3) is 0 Å². The molecule has 1 atom stereocenters. The number of rotatable bonds is 7. The second kappa shape index (κ2) is 8.54. The van der Waals surface area contributed by atoms with Crippen LogP contribution in [0.5, 0.6) is 17.2 Å². The van der Waals surface area contributed by atoms with Crippen LogP contribution in [0.4, 0.5) is 0 Å². The second-order valence-electron chi connectivity index (χ2n) is 6.18. The summed E-state index contributed by atoms with van der Waals surface area (Å²) in [6.07, 6.45) is 0.855. The van der Waals surface area contributed by atoms with Gasteiger partial charge in [-0.15, -0.1) is 0 Å². The molecular weight excluding hydrogens is 324 g/mol. The average Bonchev–Trinajstić information content (AvgIpc) is 2.71. The van der Waals surface area contributed by atoms with Crippen LogP contribution in [-0.4, -0.2) is 18.8 Å². The first-order valence-corrected chi connectivity index (χ1v) is 8.87. The molecule has 0 aliphatic rings. The second-order valence-corrected chi connectivity index (χ2v) is 6.18. The van der Waals surface area contributed by atoms with Crippen LogP contribution in [0.1, 0.15) is 24.8 Å². The van der Waals surface area contributed by atoms with E-state index in [0.29, 0.717) is 5.75 Å². The maximum atomic E-state index is 9.54. The number of benzene rings is 3. The zero-order valence-corrected chi connectivity index (χ0v) is 15.2. The van der Waals surface area contributed by atoms with Gasteiger partial charge in [0.15, 0.2) is 0 Å². The van der Waals surface area contributed by atoms with Crippen molar-refractivity contribution in [2.75, 3.05) is 13.7 Å². The van der Waals surface area contributed by atoms with Gasteiger partial charge in [0.1, 0.15) is 17.2 Å². The molecule has 0 bridgehead atoms. The van der Waals surface area contributed by atoms with Gasteiger partial charge in [-0.3, -0.25) is 0 Å². The smallest absolute Gasteiger partial charge is 0.131 e. The first-order chi connectivity index (χ1) is 12.7. The SMILES string of the molecule is CCC(CO)c1ccc(Oc2ccc(-c3ccccc3)cc2)cc1OC. The van der Waals surface area contributed by atoms with Crippen LogP contribution >= 0.6 is 0 Å². The zero-order chi connectivity index (χ0) is 18.4. The van der Waals surface area contributed by atoms with E-state index >= 15 is 0 Å². The minimum absolute atomic E-state index is 0.0733. The third kappa shape index (κ3) is 4.06. The van der Waals surface area contributed by atoms with Crippen molar-refractivity contribution in [3.8, 4) is 28.4 Å². The van der Waals surface area contributed by atoms with Gasteiger partial charge in [0.2, 0.25) is 0 Å². The van der Waals surface area contributed by atoms with Gasteiger partial charge in [0, 0.05) is 12.0 Å². The predicted octanol–water partition coefficient (Wildman–Crippen LogP) is 5.64. The first kappa shape index (κ1) is 18.0. The van der Waals surface area contributed by atoms with Crippen LogP contribution in [0.2, 0.25) is 0 Å². The van der Waals surface area contributed by atoms with Gasteiger partial charge in [-0.1, -0.05) is 55.5 Å². The van der Waals surface area contributed by atoms with E-state index in [1.807, 2.05) is 48.5 Å². The summed E-state index contributed by atoms with van der Waals surface area (Å²) in [5.41, 5.74) is 3.34. The molecule has 3 nitrogen and oxygen atoms in total. The lowest BCUT2D eigenvalue weighted by molar-refractivity contribution is 0.259. The van der Waals surface area contributed by atoms with E-state index in [1.165, 1.54) is 5.56 Å². The lowest BCUT2D eigenvalue weighted by Crippen LogP contribution is -2.05. The molecule has 0 radical (unpaired) electrons. The predicted molar refractivity (Wildman–Crippen MR) is 105 cm³/mol. The van der Waals surface area contributed by atoms with Crippen molar-refractivity contribution in [3.05, 3.63) is 78.4 Å². The maximum Gasteiger partial charge on any atom is 0.131 e. The van der Waals surface area contributed by atoms with Crippen molar-refractivity contribution in [2.45, 2.75) is 19.3 Å². The topological polar surface area (TPSA) is 38.7 Å². The van der Waals surface area contributed by atoms with Crippen molar-refractivity contribution in [1.82, 2.24) is 0 Å². The number of aliphatic hydroxyl groups is 1. The number of aliphatic hydroxyl groups excluding tert-OH is 1. The average molecular weight is 348 g/mol. The van der Waals surface area contributed by atoms with Gasteiger partial charge in [-0.05, 0) is 41.3 Å². The third-order valence-corrected chi connectivity index (χ3v) is 4.56. The fourth-order valence-electron chi connectivity index (χ4n) is 3.02. The lowest BCUT2D eigenvalue weighted by atomic mass is 9.96. The highest BCUT2D eigenvalue weighted by molar-refractivity contribution is 5.64. The Morgan fingerprint density at radius 3 is 2.12 bits per heavy atom. The molecule has 3 heteroatoms. The molecule has 0 saturated heterocycles. The largest absolute Gasteiger partial charge is 0.496 e. The molecule has 26 heavy (non-hydrogen) atoms. The van der Waals surface area contributed by atoms with Gasteiger partial charge in [-0.2, -0.15) is 0 Å². The molecule has 0 amide bonds. The molecule has 0 aromatic heterocycles. The van der Waals surface area contributed by atoms with Crippen LogP contribution in [0, 0.1) is 0 Å². The highest BCUT2D eigenvalue weighted by Crippen LogP contribution is 2.34. The molecule has 0 fully saturated rings. The third-order valence-electron chi connectivity index (χ3n) is 4.56. The molecule has 134 valence electrons. The molecule has 0 spiro atoms. The summed E-state index contributed by atoms with van der Waals surface area (Å²) in [7, 11) is 1.64. The highest BCUT2D eigenvalue weighted by atomic mass is 16.5. The number of hydrogen-bond donors (Lipinski definition) is 1. The Bertz CT molecular complexity index is 822. The number of ether oxygens (including phenoxy) is 2. The Morgan fingerprint density at radius 1 is 0.846 bits per heavy atom. The lowest BCUT2D eigenvalue weighted by Gasteiger charge is -2.17. The first-order valence-electron chi connectivity index (χ1n) is 8.87. The number of methoxy groups -OCH3 is 1. The molecule has 1 N–H and O–H groups in total. The molecule has 0 saturated carbocycles. The van der Waals surface area contributed by atoms with E-state index in [1.54, 1.807) is 7.11 Å². The van der Waals surface area contributed by atoms with Crippen LogP contribution < -0.4 is 9.47 Å². The van der Waals surface area contributed by atoms with Crippen molar-refractivity contribution in [2.24, 2.45) is 0 Å². The van der Waals surface area contributed by atoms with Gasteiger partial charge < -0.3 is 14.6 Å². The van der Waals surface area contributed by atoms with E-state index in [2.05, 4.69) is 31.2 Å². The summed E-state index contributed by atoms with van der Waals surface area (Å²) in [4.78, 5) is 0. The summed E-state index contributed by atoms with van der Waals surface area (Å²) < 4.78 is 11.5. The molecule has 0 aliphatic carbocycles. The fourth-order valence-corrected chi connectivity index (χ4v) is 3.02. The molecule has 3 aromatic carbocycles. The minimum Gasteiger partial charge on any atom is -0.496 e. The summed E-state index contributed by atoms with van der Waals surface area (Å²) in [5.74, 6) is 2.30. The quantitative estimate of drug-likeness (QED) is 0.600. The molecular formula is C23H24O3. The molecule has 3 aromatic rings. The van der Waals surface area contributed by atoms with E-state index < -0.39 is 0 Å². The van der Waals surface area contributed by atoms with Crippen LogP contribution in [0.3, 0.4) is 0 Å². The Morgan fingerprint density at radius 2 is 1.50 bits per heavy atom. The molecule has 0 heterocycles. The van der Waals surface area contributed by atoms with E-state index in [-0.39, 0.29) is 12.5 Å². The van der Waals surface area contributed by atoms with Crippen molar-refractivity contribution in [3.63, 3.8) is 0 Å². The van der Waals surface area contributed by atoms with Crippen LogP contribution in [-0.2, 0) is 0 Å². The van der Waals surface area contributed by atoms with Crippen molar-refractivity contribution >= 4 is 0 Å². The normalized spacial score (nSPS) is 11.8. The van der Waals surface area contributed by atoms with Crippen molar-refractivity contribution < 1.29 is 14.6 Å². The summed E-state index contributed by atoms with van der Waals surface area (Å²) in [5, 5.41) is 9.54. The Kier molecular flexibility index (Phi) is 5.92. The molecule has 0 aliphatic heterocycles. The highest BCUT2D eigenvalue weighted by Gasteiger charge is 2.14. The monoisotopic (exact) mass is 348 g/mol. The number of hydrogen-bond acceptors (Lipinski definition) is 3. The summed E-state index contributed by atoms with van der Waals surface area (Å²) in [6, 6.07) is 24.0. The van der Waals surface area contributed by atoms with E-state index in [0.717, 1.165) is 29.0 Å². The van der Waals surface area contributed by atoms with Crippen molar-refractivity contribution in [1.29, 1.82) is 0 Å². The Labute approximate surface area is 154 Å². The standard InChI is InChI=1S/C23H24O3/c1-3-17(16-24)22-14-13-21(15-23(22)25-2)26-20-11-9-19(10-12-20)18-7-5-4-6-8-18/h4-15,17,24H,3,16H2,1-2H3. The fraction of sp³-hybridized carbons (Fsp3) is 0.217.